The largest absolute Gasteiger partial charge is 0.444 e. The average molecular weight is 725 g/mol. The summed E-state index contributed by atoms with van der Waals surface area (Å²) in [7, 11) is 0. The second-order valence-electron chi connectivity index (χ2n) is 13.4. The second kappa shape index (κ2) is 27.1. The van der Waals surface area contributed by atoms with Gasteiger partial charge in [-0.15, -0.1) is 0 Å². The van der Waals surface area contributed by atoms with Crippen LogP contribution in [0.25, 0.3) is 0 Å². The Labute approximate surface area is 297 Å². The van der Waals surface area contributed by atoms with Crippen molar-refractivity contribution in [2.45, 2.75) is 142 Å². The molecular formula is C34H64N2O6S4. The number of hydrogen-bond acceptors (Lipinski definition) is 10. The molecule has 2 atom stereocenters. The molecule has 12 heteroatoms. The van der Waals surface area contributed by atoms with Gasteiger partial charge in [0.15, 0.2) is 11.6 Å². The van der Waals surface area contributed by atoms with Gasteiger partial charge in [-0.25, -0.2) is 9.59 Å². The van der Waals surface area contributed by atoms with Crippen molar-refractivity contribution in [3.05, 3.63) is 0 Å². The van der Waals surface area contributed by atoms with Crippen molar-refractivity contribution in [1.29, 1.82) is 0 Å². The van der Waals surface area contributed by atoms with Gasteiger partial charge in [0.1, 0.15) is 11.2 Å². The highest BCUT2D eigenvalue weighted by molar-refractivity contribution is 7.99. The normalized spacial score (nSPS) is 13.1. The first kappa shape index (κ1) is 45.3. The molecule has 0 heterocycles. The summed E-state index contributed by atoms with van der Waals surface area (Å²) in [5, 5.41) is 5.54. The van der Waals surface area contributed by atoms with Crippen molar-refractivity contribution < 1.29 is 28.7 Å². The average Bonchev–Trinajstić information content (AvgIpc) is 2.94. The van der Waals surface area contributed by atoms with Gasteiger partial charge in [0, 0.05) is 24.3 Å². The number of thioether (sulfide) groups is 4. The van der Waals surface area contributed by atoms with E-state index in [1.807, 2.05) is 77.6 Å². The molecule has 2 unspecified atom stereocenters. The Morgan fingerprint density at radius 2 is 0.848 bits per heavy atom. The number of alkyl carbamates (subject to hydrolysis) is 2. The lowest BCUT2D eigenvalue weighted by Gasteiger charge is -2.23. The molecule has 0 aromatic rings. The minimum absolute atomic E-state index is 0.0854. The SMILES string of the molecule is CSCCC(NC(=O)OC(C)(C)C)C(=O)CCSCCCCCCCCCCSCCC(=O)C(CCSC)NC(=O)OC(C)(C)C. The molecule has 0 aliphatic heterocycles. The summed E-state index contributed by atoms with van der Waals surface area (Å²) >= 11 is 6.99. The van der Waals surface area contributed by atoms with Crippen molar-refractivity contribution in [2.75, 3.05) is 47.0 Å². The number of ketones is 2. The highest BCUT2D eigenvalue weighted by atomic mass is 32.2. The van der Waals surface area contributed by atoms with Gasteiger partial charge in [0.25, 0.3) is 0 Å². The fourth-order valence-corrected chi connectivity index (χ4v) is 7.22. The molecule has 0 aromatic carbocycles. The van der Waals surface area contributed by atoms with Crippen LogP contribution in [0.15, 0.2) is 0 Å². The van der Waals surface area contributed by atoms with Crippen LogP contribution >= 0.6 is 47.0 Å². The fraction of sp³-hybridized carbons (Fsp3) is 0.882. The Kier molecular flexibility index (Phi) is 26.7. The number of nitrogens with one attached hydrogen (secondary N) is 2. The van der Waals surface area contributed by atoms with Gasteiger partial charge < -0.3 is 20.1 Å². The van der Waals surface area contributed by atoms with E-state index in [0.29, 0.717) is 25.7 Å². The second-order valence-corrected chi connectivity index (χ2v) is 17.9. The summed E-state index contributed by atoms with van der Waals surface area (Å²) in [6.45, 7) is 10.9. The number of carbonyl (C=O) groups is 4. The molecule has 0 fully saturated rings. The number of Topliss-reactive ketones (excluding diaryl/α,β-unsaturated/α-hetero) is 2. The molecule has 2 amide bonds. The lowest BCUT2D eigenvalue weighted by Crippen LogP contribution is -2.44. The number of carbonyl (C=O) groups excluding carboxylic acids is 4. The van der Waals surface area contributed by atoms with E-state index in [2.05, 4.69) is 10.6 Å². The van der Waals surface area contributed by atoms with Crippen LogP contribution in [-0.2, 0) is 19.1 Å². The third-order valence-electron chi connectivity index (χ3n) is 6.69. The van der Waals surface area contributed by atoms with Crippen LogP contribution in [-0.4, -0.2) is 94.1 Å². The van der Waals surface area contributed by atoms with E-state index in [1.165, 1.54) is 51.4 Å². The third-order valence-corrected chi connectivity index (χ3v) is 10.1. The van der Waals surface area contributed by atoms with E-state index in [-0.39, 0.29) is 11.6 Å². The lowest BCUT2D eigenvalue weighted by atomic mass is 10.1. The number of amides is 2. The Morgan fingerprint density at radius 1 is 0.522 bits per heavy atom. The third kappa shape index (κ3) is 28.3. The first-order valence-electron chi connectivity index (χ1n) is 16.9. The molecule has 0 aliphatic rings. The van der Waals surface area contributed by atoms with Crippen LogP contribution in [0.5, 0.6) is 0 Å². The summed E-state index contributed by atoms with van der Waals surface area (Å²) < 4.78 is 10.7. The van der Waals surface area contributed by atoms with Crippen molar-refractivity contribution in [2.24, 2.45) is 0 Å². The highest BCUT2D eigenvalue weighted by Gasteiger charge is 2.25. The topological polar surface area (TPSA) is 111 Å². The zero-order valence-corrected chi connectivity index (χ0v) is 33.2. The van der Waals surface area contributed by atoms with E-state index in [1.54, 1.807) is 23.5 Å². The number of unbranched alkanes of at least 4 members (excludes halogenated alkanes) is 7. The zero-order chi connectivity index (χ0) is 34.8. The number of hydrogen-bond donors (Lipinski definition) is 2. The molecule has 0 saturated heterocycles. The monoisotopic (exact) mass is 724 g/mol. The van der Waals surface area contributed by atoms with Gasteiger partial charge in [-0.2, -0.15) is 47.0 Å². The Hall–Kier alpha value is -0.720. The molecular weight excluding hydrogens is 661 g/mol. The summed E-state index contributed by atoms with van der Waals surface area (Å²) in [6, 6.07) is -0.958. The fourth-order valence-electron chi connectivity index (χ4n) is 4.37. The first-order chi connectivity index (χ1) is 21.7. The summed E-state index contributed by atoms with van der Waals surface area (Å²) in [4.78, 5) is 49.7. The molecule has 2 N–H and O–H groups in total. The maximum absolute atomic E-state index is 12.7. The molecule has 46 heavy (non-hydrogen) atoms. The van der Waals surface area contributed by atoms with Gasteiger partial charge in [0.2, 0.25) is 0 Å². The summed E-state index contributed by atoms with van der Waals surface area (Å²) in [5.41, 5.74) is -1.17. The van der Waals surface area contributed by atoms with Crippen molar-refractivity contribution >= 4 is 70.8 Å². The van der Waals surface area contributed by atoms with Gasteiger partial charge >= 0.3 is 12.2 Å². The molecule has 270 valence electrons. The minimum atomic E-state index is -0.583. The van der Waals surface area contributed by atoms with Gasteiger partial charge in [-0.05, 0) is 103 Å². The standard InChI is InChI=1S/C34H64N2O6S4/c1-33(2,3)41-31(39)35-27(17-23-43-7)29(37)19-25-45-21-15-13-11-9-10-12-14-16-22-46-26-20-30(38)28(18-24-44-8)36-32(40)42-34(4,5)6/h27-28H,9-26H2,1-8H3,(H,35,39)(H,36,40). The Morgan fingerprint density at radius 3 is 1.15 bits per heavy atom. The lowest BCUT2D eigenvalue weighted by molar-refractivity contribution is -0.121. The van der Waals surface area contributed by atoms with E-state index in [4.69, 9.17) is 9.47 Å². The molecule has 0 saturated carbocycles. The van der Waals surface area contributed by atoms with Crippen LogP contribution in [0.4, 0.5) is 9.59 Å². The van der Waals surface area contributed by atoms with Crippen molar-refractivity contribution in [3.8, 4) is 0 Å². The molecule has 0 aliphatic carbocycles. The van der Waals surface area contributed by atoms with E-state index in [0.717, 1.165) is 34.5 Å². The van der Waals surface area contributed by atoms with Crippen LogP contribution in [0.3, 0.4) is 0 Å². The van der Waals surface area contributed by atoms with Gasteiger partial charge in [-0.3, -0.25) is 9.59 Å². The Bertz CT molecular complexity index is 780. The number of ether oxygens (including phenoxy) is 2. The number of rotatable bonds is 27. The van der Waals surface area contributed by atoms with Crippen molar-refractivity contribution in [3.63, 3.8) is 0 Å². The maximum Gasteiger partial charge on any atom is 0.408 e. The Balaban J connectivity index is 3.87. The van der Waals surface area contributed by atoms with Crippen molar-refractivity contribution in [1.82, 2.24) is 10.6 Å². The maximum atomic E-state index is 12.7. The smallest absolute Gasteiger partial charge is 0.408 e. The van der Waals surface area contributed by atoms with Gasteiger partial charge in [-0.1, -0.05) is 38.5 Å². The molecule has 8 nitrogen and oxygen atoms in total. The minimum Gasteiger partial charge on any atom is -0.444 e. The summed E-state index contributed by atoms with van der Waals surface area (Å²) in [6.07, 6.45) is 15.0. The first-order valence-corrected chi connectivity index (χ1v) is 22.0. The predicted octanol–water partition coefficient (Wildman–Crippen LogP) is 8.78. The highest BCUT2D eigenvalue weighted by Crippen LogP contribution is 2.16. The summed E-state index contributed by atoms with van der Waals surface area (Å²) in [5.74, 6) is 5.52. The van der Waals surface area contributed by atoms with Crippen LogP contribution < -0.4 is 10.6 Å². The van der Waals surface area contributed by atoms with E-state index in [9.17, 15) is 19.2 Å². The molecule has 0 spiro atoms. The molecule has 0 rings (SSSR count). The zero-order valence-electron chi connectivity index (χ0n) is 30.0. The molecule has 0 radical (unpaired) electrons. The van der Waals surface area contributed by atoms with Gasteiger partial charge in [0.05, 0.1) is 12.1 Å². The van der Waals surface area contributed by atoms with E-state index >= 15 is 0 Å². The predicted molar refractivity (Wildman–Crippen MR) is 203 cm³/mol. The van der Waals surface area contributed by atoms with E-state index < -0.39 is 35.5 Å². The molecule has 0 bridgehead atoms. The van der Waals surface area contributed by atoms with Crippen LogP contribution in [0.1, 0.15) is 119 Å². The van der Waals surface area contributed by atoms with Crippen LogP contribution in [0.2, 0.25) is 0 Å². The molecule has 0 aromatic heterocycles. The van der Waals surface area contributed by atoms with Crippen LogP contribution in [0, 0.1) is 0 Å². The quantitative estimate of drug-likeness (QED) is 0.0798.